The van der Waals surface area contributed by atoms with Gasteiger partial charge in [0.05, 0.1) is 0 Å². The summed E-state index contributed by atoms with van der Waals surface area (Å²) in [5.41, 5.74) is 1.47. The van der Waals surface area contributed by atoms with Crippen LogP contribution in [0, 0.1) is 6.92 Å². The minimum absolute atomic E-state index is 0.201. The molecule has 0 aliphatic carbocycles. The first-order valence-electron chi connectivity index (χ1n) is 9.41. The van der Waals surface area contributed by atoms with E-state index in [4.69, 9.17) is 13.9 Å². The molecule has 1 amide bonds. The molecule has 0 bridgehead atoms. The van der Waals surface area contributed by atoms with E-state index in [2.05, 4.69) is 31.2 Å². The summed E-state index contributed by atoms with van der Waals surface area (Å²) < 4.78 is 17.9. The molecule has 2 heterocycles. The number of furan rings is 1. The number of nitrogens with zero attached hydrogens (tertiary/aromatic N) is 2. The Balaban J connectivity index is 1.36. The Labute approximate surface area is 187 Å². The minimum Gasteiger partial charge on any atom is -0.486 e. The van der Waals surface area contributed by atoms with E-state index in [1.54, 1.807) is 48.8 Å². The molecule has 1 N–H and O–H groups in total. The molecular weight excluding hydrogens is 462 g/mol. The van der Waals surface area contributed by atoms with Crippen LogP contribution in [0.15, 0.2) is 81.9 Å². The number of hydrogen-bond donors (Lipinski definition) is 1. The van der Waals surface area contributed by atoms with Gasteiger partial charge in [-0.3, -0.25) is 4.79 Å². The predicted molar refractivity (Wildman–Crippen MR) is 118 cm³/mol. The van der Waals surface area contributed by atoms with Crippen LogP contribution in [0.2, 0.25) is 0 Å². The Morgan fingerprint density at radius 2 is 1.77 bits per heavy atom. The molecule has 2 aromatic carbocycles. The fourth-order valence-corrected chi connectivity index (χ4v) is 2.99. The van der Waals surface area contributed by atoms with Crippen molar-refractivity contribution in [2.24, 2.45) is 0 Å². The summed E-state index contributed by atoms with van der Waals surface area (Å²) in [7, 11) is 0. The van der Waals surface area contributed by atoms with Crippen LogP contribution in [0.4, 0.5) is 5.69 Å². The maximum atomic E-state index is 12.6. The number of benzene rings is 2. The van der Waals surface area contributed by atoms with Gasteiger partial charge in [0.1, 0.15) is 23.9 Å². The number of halogens is 1. The van der Waals surface area contributed by atoms with Gasteiger partial charge in [0.25, 0.3) is 5.91 Å². The first kappa shape index (κ1) is 20.6. The van der Waals surface area contributed by atoms with E-state index in [1.807, 2.05) is 31.2 Å². The van der Waals surface area contributed by atoms with Crippen LogP contribution in [-0.2, 0) is 6.61 Å². The van der Waals surface area contributed by atoms with Crippen LogP contribution >= 0.6 is 15.9 Å². The predicted octanol–water partition coefficient (Wildman–Crippen LogP) is 5.76. The summed E-state index contributed by atoms with van der Waals surface area (Å²) in [6.45, 7) is 2.09. The molecule has 31 heavy (non-hydrogen) atoms. The topological polar surface area (TPSA) is 86.5 Å². The lowest BCUT2D eigenvalue weighted by molar-refractivity contribution is 0.0992. The lowest BCUT2D eigenvalue weighted by Crippen LogP contribution is -2.12. The number of ether oxygens (including phenoxy) is 2. The molecule has 4 aromatic rings. The van der Waals surface area contributed by atoms with Crippen LogP contribution in [-0.4, -0.2) is 15.9 Å². The van der Waals surface area contributed by atoms with Gasteiger partial charge in [-0.25, -0.2) is 9.97 Å². The second-order valence-electron chi connectivity index (χ2n) is 6.57. The van der Waals surface area contributed by atoms with Crippen molar-refractivity contribution in [3.05, 3.63) is 94.6 Å². The lowest BCUT2D eigenvalue weighted by Gasteiger charge is -2.09. The van der Waals surface area contributed by atoms with Crippen molar-refractivity contribution in [3.8, 4) is 17.5 Å². The Hall–Kier alpha value is -3.65. The molecule has 4 rings (SSSR count). The minimum atomic E-state index is -0.349. The van der Waals surface area contributed by atoms with Gasteiger partial charge >= 0.3 is 6.01 Å². The summed E-state index contributed by atoms with van der Waals surface area (Å²) in [6.07, 6.45) is 3.21. The molecule has 0 spiro atoms. The van der Waals surface area contributed by atoms with Gasteiger partial charge in [-0.1, -0.05) is 15.9 Å². The molecule has 156 valence electrons. The molecule has 0 fully saturated rings. The number of amides is 1. The largest absolute Gasteiger partial charge is 0.486 e. The van der Waals surface area contributed by atoms with Crippen LogP contribution in [0.1, 0.15) is 21.9 Å². The highest BCUT2D eigenvalue weighted by molar-refractivity contribution is 9.10. The average molecular weight is 480 g/mol. The Kier molecular flexibility index (Phi) is 6.28. The molecule has 0 radical (unpaired) electrons. The summed E-state index contributed by atoms with van der Waals surface area (Å²) in [4.78, 5) is 20.6. The number of carbonyl (C=O) groups is 1. The monoisotopic (exact) mass is 479 g/mol. The molecule has 0 saturated carbocycles. The molecule has 0 atom stereocenters. The number of aryl methyl sites for hydroxylation is 1. The number of rotatable bonds is 7. The van der Waals surface area contributed by atoms with E-state index in [1.165, 1.54) is 0 Å². The molecule has 2 aromatic heterocycles. The summed E-state index contributed by atoms with van der Waals surface area (Å²) in [5, 5.41) is 2.85. The summed E-state index contributed by atoms with van der Waals surface area (Å²) in [5.74, 6) is 1.69. The van der Waals surface area contributed by atoms with Gasteiger partial charge in [-0.2, -0.15) is 0 Å². The third-order valence-corrected chi connectivity index (χ3v) is 4.81. The fraction of sp³-hybridized carbons (Fsp3) is 0.0870. The first-order valence-corrected chi connectivity index (χ1v) is 10.2. The van der Waals surface area contributed by atoms with Crippen molar-refractivity contribution in [1.29, 1.82) is 0 Å². The molecular formula is C23H18BrN3O4. The Bertz CT molecular complexity index is 1180. The van der Waals surface area contributed by atoms with E-state index >= 15 is 0 Å². The van der Waals surface area contributed by atoms with Crippen molar-refractivity contribution in [1.82, 2.24) is 9.97 Å². The molecule has 0 saturated heterocycles. The van der Waals surface area contributed by atoms with Crippen LogP contribution in [0.25, 0.3) is 0 Å². The Morgan fingerprint density at radius 1 is 1.03 bits per heavy atom. The number of hydrogen-bond acceptors (Lipinski definition) is 6. The third kappa shape index (κ3) is 5.49. The highest BCUT2D eigenvalue weighted by atomic mass is 79.9. The van der Waals surface area contributed by atoms with Gasteiger partial charge in [-0.05, 0) is 73.2 Å². The van der Waals surface area contributed by atoms with Crippen LogP contribution in [0.5, 0.6) is 17.5 Å². The number of anilines is 1. The van der Waals surface area contributed by atoms with Gasteiger partial charge in [0.15, 0.2) is 5.76 Å². The third-order valence-electron chi connectivity index (χ3n) is 4.28. The fourth-order valence-electron chi connectivity index (χ4n) is 2.73. The molecule has 0 aliphatic heterocycles. The van der Waals surface area contributed by atoms with Gasteiger partial charge in [0.2, 0.25) is 0 Å². The lowest BCUT2D eigenvalue weighted by atomic mass is 10.2. The number of nitrogens with one attached hydrogen (secondary N) is 1. The summed E-state index contributed by atoms with van der Waals surface area (Å²) >= 11 is 3.38. The van der Waals surface area contributed by atoms with E-state index in [0.29, 0.717) is 22.9 Å². The quantitative estimate of drug-likeness (QED) is 0.362. The van der Waals surface area contributed by atoms with Gasteiger partial charge < -0.3 is 19.2 Å². The molecule has 8 heteroatoms. The van der Waals surface area contributed by atoms with E-state index in [0.717, 1.165) is 10.0 Å². The number of aromatic nitrogens is 2. The summed E-state index contributed by atoms with van der Waals surface area (Å²) in [6, 6.07) is 18.1. The highest BCUT2D eigenvalue weighted by Gasteiger charge is 2.14. The molecule has 0 aliphatic rings. The smallest absolute Gasteiger partial charge is 0.321 e. The SMILES string of the molecule is Cc1cc(Oc2ncccn2)ccc1NC(=O)c1ccc(COc2ccc(Br)cc2)o1. The van der Waals surface area contributed by atoms with Gasteiger partial charge in [-0.15, -0.1) is 0 Å². The average Bonchev–Trinajstić information content (AvgIpc) is 3.25. The maximum absolute atomic E-state index is 12.6. The zero-order chi connectivity index (χ0) is 21.6. The van der Waals surface area contributed by atoms with E-state index < -0.39 is 0 Å². The molecule has 0 unspecified atom stereocenters. The van der Waals surface area contributed by atoms with Crippen LogP contribution < -0.4 is 14.8 Å². The normalized spacial score (nSPS) is 10.5. The zero-order valence-corrected chi connectivity index (χ0v) is 18.1. The van der Waals surface area contributed by atoms with Crippen molar-refractivity contribution < 1.29 is 18.7 Å². The van der Waals surface area contributed by atoms with Crippen LogP contribution in [0.3, 0.4) is 0 Å². The van der Waals surface area contributed by atoms with E-state index in [-0.39, 0.29) is 24.3 Å². The highest BCUT2D eigenvalue weighted by Crippen LogP contribution is 2.25. The maximum Gasteiger partial charge on any atom is 0.321 e. The standard InChI is InChI=1S/C23H18BrN3O4/c1-15-13-18(31-23-25-11-2-12-26-23)7-9-20(15)27-22(28)21-10-8-19(30-21)14-29-17-5-3-16(24)4-6-17/h2-13H,14H2,1H3,(H,27,28). The second-order valence-corrected chi connectivity index (χ2v) is 7.49. The zero-order valence-electron chi connectivity index (χ0n) is 16.5. The Morgan fingerprint density at radius 3 is 2.52 bits per heavy atom. The molecule has 7 nitrogen and oxygen atoms in total. The first-order chi connectivity index (χ1) is 15.1. The van der Waals surface area contributed by atoms with Crippen molar-refractivity contribution in [2.75, 3.05) is 5.32 Å². The number of carbonyl (C=O) groups excluding carboxylic acids is 1. The van der Waals surface area contributed by atoms with Crippen molar-refractivity contribution >= 4 is 27.5 Å². The van der Waals surface area contributed by atoms with Crippen molar-refractivity contribution in [3.63, 3.8) is 0 Å². The van der Waals surface area contributed by atoms with Crippen molar-refractivity contribution in [2.45, 2.75) is 13.5 Å². The van der Waals surface area contributed by atoms with E-state index in [9.17, 15) is 4.79 Å². The second kappa shape index (κ2) is 9.44. The van der Waals surface area contributed by atoms with Gasteiger partial charge in [0, 0.05) is 22.6 Å².